The Morgan fingerprint density at radius 3 is 2.56 bits per heavy atom. The van der Waals surface area contributed by atoms with Gasteiger partial charge < -0.3 is 15.5 Å². The average molecular weight is 249 g/mol. The summed E-state index contributed by atoms with van der Waals surface area (Å²) in [4.78, 5) is 15.3. The largest absolute Gasteiger partial charge is 0.353 e. The number of amides is 1. The molecule has 0 bridgehead atoms. The van der Waals surface area contributed by atoms with Gasteiger partial charge in [0.1, 0.15) is 0 Å². The molecule has 0 radical (unpaired) electrons. The third-order valence-electron chi connectivity index (χ3n) is 3.27. The molecule has 0 aromatic carbocycles. The minimum atomic E-state index is -0.138. The predicted molar refractivity (Wildman–Crippen MR) is 69.4 cm³/mol. The van der Waals surface area contributed by atoms with Crippen LogP contribution in [0.25, 0.3) is 0 Å². The molecule has 98 valence electrons. The highest BCUT2D eigenvalue weighted by Gasteiger charge is 2.27. The van der Waals surface area contributed by atoms with Crippen molar-refractivity contribution in [2.45, 2.75) is 13.0 Å². The fourth-order valence-electron chi connectivity index (χ4n) is 2.02. The average Bonchev–Trinajstić information content (AvgIpc) is 2.69. The van der Waals surface area contributed by atoms with Gasteiger partial charge in [-0.2, -0.15) is 0 Å². The molecule has 1 aliphatic rings. The summed E-state index contributed by atoms with van der Waals surface area (Å²) in [6.45, 7) is 3.80. The van der Waals surface area contributed by atoms with Crippen LogP contribution in [0, 0.1) is 5.92 Å². The smallest absolute Gasteiger partial charge is 0.273 e. The first-order valence-corrected chi connectivity index (χ1v) is 6.05. The Bertz CT molecular complexity index is 421. The Hall–Kier alpha value is -1.69. The van der Waals surface area contributed by atoms with E-state index in [1.165, 1.54) is 4.90 Å². The lowest BCUT2D eigenvalue weighted by molar-refractivity contribution is 0.0821. The van der Waals surface area contributed by atoms with Crippen LogP contribution in [0.1, 0.15) is 17.4 Å². The lowest BCUT2D eigenvalue weighted by atomic mass is 10.1. The first kappa shape index (κ1) is 12.8. The van der Waals surface area contributed by atoms with Crippen molar-refractivity contribution in [3.8, 4) is 0 Å². The van der Waals surface area contributed by atoms with Crippen LogP contribution >= 0.6 is 0 Å². The van der Waals surface area contributed by atoms with Crippen molar-refractivity contribution in [1.82, 2.24) is 15.1 Å². The molecule has 2 atom stereocenters. The van der Waals surface area contributed by atoms with E-state index in [9.17, 15) is 4.79 Å². The van der Waals surface area contributed by atoms with E-state index in [0.717, 1.165) is 18.9 Å². The van der Waals surface area contributed by atoms with Crippen LogP contribution in [0.5, 0.6) is 0 Å². The highest BCUT2D eigenvalue weighted by Crippen LogP contribution is 2.20. The molecule has 0 aliphatic carbocycles. The first-order valence-electron chi connectivity index (χ1n) is 6.05. The Labute approximate surface area is 107 Å². The van der Waals surface area contributed by atoms with Crippen molar-refractivity contribution in [3.63, 3.8) is 0 Å². The Morgan fingerprint density at radius 2 is 2.11 bits per heavy atom. The molecule has 1 amide bonds. The highest BCUT2D eigenvalue weighted by atomic mass is 16.2. The Morgan fingerprint density at radius 1 is 1.39 bits per heavy atom. The molecule has 0 spiro atoms. The van der Waals surface area contributed by atoms with E-state index in [0.29, 0.717) is 11.6 Å². The van der Waals surface area contributed by atoms with E-state index in [1.807, 2.05) is 6.07 Å². The van der Waals surface area contributed by atoms with Gasteiger partial charge in [0.05, 0.1) is 0 Å². The minimum absolute atomic E-state index is 0.138. The second-order valence-corrected chi connectivity index (χ2v) is 5.02. The second-order valence-electron chi connectivity index (χ2n) is 5.02. The summed E-state index contributed by atoms with van der Waals surface area (Å²) in [7, 11) is 3.39. The number of hydrogen-bond acceptors (Lipinski definition) is 5. The summed E-state index contributed by atoms with van der Waals surface area (Å²) in [6.07, 6.45) is 0. The first-order chi connectivity index (χ1) is 8.49. The van der Waals surface area contributed by atoms with Crippen molar-refractivity contribution < 1.29 is 4.79 Å². The number of anilines is 1. The maximum atomic E-state index is 11.7. The Kier molecular flexibility index (Phi) is 3.47. The molecule has 2 rings (SSSR count). The molecule has 1 aromatic heterocycles. The van der Waals surface area contributed by atoms with Crippen molar-refractivity contribution in [2.75, 3.05) is 32.1 Å². The van der Waals surface area contributed by atoms with E-state index in [2.05, 4.69) is 22.0 Å². The summed E-state index contributed by atoms with van der Waals surface area (Å²) in [5.74, 6) is 1.10. The van der Waals surface area contributed by atoms with E-state index >= 15 is 0 Å². The van der Waals surface area contributed by atoms with E-state index in [-0.39, 0.29) is 11.9 Å². The zero-order chi connectivity index (χ0) is 13.3. The topological polar surface area (TPSA) is 75.4 Å². The number of hydrogen-bond donors (Lipinski definition) is 1. The molecule has 6 nitrogen and oxygen atoms in total. The van der Waals surface area contributed by atoms with Gasteiger partial charge in [-0.05, 0) is 18.1 Å². The van der Waals surface area contributed by atoms with Gasteiger partial charge in [0.25, 0.3) is 5.91 Å². The molecule has 1 fully saturated rings. The molecule has 1 aliphatic heterocycles. The van der Waals surface area contributed by atoms with Crippen LogP contribution in [-0.2, 0) is 0 Å². The molecule has 1 aromatic rings. The second kappa shape index (κ2) is 4.89. The van der Waals surface area contributed by atoms with Gasteiger partial charge in [-0.3, -0.25) is 4.79 Å². The van der Waals surface area contributed by atoms with Crippen LogP contribution in [0.2, 0.25) is 0 Å². The molecule has 2 N–H and O–H groups in total. The lowest BCUT2D eigenvalue weighted by Crippen LogP contribution is -2.29. The number of carbonyl (C=O) groups is 1. The van der Waals surface area contributed by atoms with Gasteiger partial charge in [-0.1, -0.05) is 6.92 Å². The van der Waals surface area contributed by atoms with Gasteiger partial charge in [-0.15, -0.1) is 10.2 Å². The van der Waals surface area contributed by atoms with Crippen LogP contribution < -0.4 is 10.6 Å². The van der Waals surface area contributed by atoms with Crippen molar-refractivity contribution in [1.29, 1.82) is 0 Å². The van der Waals surface area contributed by atoms with Crippen molar-refractivity contribution in [3.05, 3.63) is 17.8 Å². The number of nitrogens with zero attached hydrogens (tertiary/aromatic N) is 4. The molecule has 1 saturated heterocycles. The molecule has 6 heteroatoms. The predicted octanol–water partition coefficient (Wildman–Crippen LogP) is -0.0382. The lowest BCUT2D eigenvalue weighted by Gasteiger charge is -2.16. The number of nitrogens with two attached hydrogens (primary N) is 1. The summed E-state index contributed by atoms with van der Waals surface area (Å²) < 4.78 is 0. The number of carbonyl (C=O) groups excluding carboxylic acids is 1. The van der Waals surface area contributed by atoms with Crippen molar-refractivity contribution in [2.24, 2.45) is 11.7 Å². The van der Waals surface area contributed by atoms with Crippen LogP contribution in [0.3, 0.4) is 0 Å². The highest BCUT2D eigenvalue weighted by molar-refractivity contribution is 5.91. The zero-order valence-corrected chi connectivity index (χ0v) is 11.0. The van der Waals surface area contributed by atoms with Crippen molar-refractivity contribution >= 4 is 11.7 Å². The van der Waals surface area contributed by atoms with Gasteiger partial charge in [0, 0.05) is 33.2 Å². The zero-order valence-electron chi connectivity index (χ0n) is 11.0. The molecular formula is C12H19N5O. The van der Waals surface area contributed by atoms with Gasteiger partial charge >= 0.3 is 0 Å². The molecule has 0 saturated carbocycles. The van der Waals surface area contributed by atoms with Crippen LogP contribution in [-0.4, -0.2) is 54.2 Å². The molecular weight excluding hydrogens is 230 g/mol. The normalized spacial score (nSPS) is 23.2. The van der Waals surface area contributed by atoms with Gasteiger partial charge in [0.15, 0.2) is 11.5 Å². The summed E-state index contributed by atoms with van der Waals surface area (Å²) in [5.41, 5.74) is 6.33. The summed E-state index contributed by atoms with van der Waals surface area (Å²) in [5, 5.41) is 8.08. The molecule has 2 heterocycles. The van der Waals surface area contributed by atoms with E-state index in [1.54, 1.807) is 20.2 Å². The molecule has 18 heavy (non-hydrogen) atoms. The van der Waals surface area contributed by atoms with E-state index in [4.69, 9.17) is 5.73 Å². The van der Waals surface area contributed by atoms with Crippen LogP contribution in [0.15, 0.2) is 12.1 Å². The minimum Gasteiger partial charge on any atom is -0.353 e. The maximum Gasteiger partial charge on any atom is 0.273 e. The third-order valence-corrected chi connectivity index (χ3v) is 3.27. The van der Waals surface area contributed by atoms with Crippen LogP contribution in [0.4, 0.5) is 5.82 Å². The fourth-order valence-corrected chi connectivity index (χ4v) is 2.02. The van der Waals surface area contributed by atoms with Gasteiger partial charge in [-0.25, -0.2) is 0 Å². The third kappa shape index (κ3) is 2.43. The monoisotopic (exact) mass is 249 g/mol. The Balaban J connectivity index is 2.11. The molecule has 2 unspecified atom stereocenters. The summed E-state index contributed by atoms with van der Waals surface area (Å²) >= 11 is 0. The van der Waals surface area contributed by atoms with Gasteiger partial charge in [0.2, 0.25) is 0 Å². The fraction of sp³-hybridized carbons (Fsp3) is 0.583. The standard InChI is InChI=1S/C12H19N5O/c1-8-6-17(7-9(8)13)11-5-4-10(14-15-11)12(18)16(2)3/h4-5,8-9H,6-7,13H2,1-3H3. The quantitative estimate of drug-likeness (QED) is 0.796. The maximum absolute atomic E-state index is 11.7. The van der Waals surface area contributed by atoms with E-state index < -0.39 is 0 Å². The number of aromatic nitrogens is 2. The SMILES string of the molecule is CC1CN(c2ccc(C(=O)N(C)C)nn2)CC1N. The number of rotatable bonds is 2. The summed E-state index contributed by atoms with van der Waals surface area (Å²) in [6, 6.07) is 3.71.